The lowest BCUT2D eigenvalue weighted by atomic mass is 10.0. The molecule has 1 aromatic carbocycles. The first-order valence-corrected chi connectivity index (χ1v) is 6.97. The number of likely N-dealkylation sites (N-methyl/N-ethyl adjacent to an activating group) is 1. The van der Waals surface area contributed by atoms with Crippen molar-refractivity contribution in [2.75, 3.05) is 33.4 Å². The Hall–Kier alpha value is -2.15. The molecule has 0 aliphatic carbocycles. The molecule has 0 radical (unpaired) electrons. The van der Waals surface area contributed by atoms with E-state index in [9.17, 15) is 14.0 Å². The van der Waals surface area contributed by atoms with Crippen LogP contribution in [-0.2, 0) is 14.3 Å². The molecule has 2 amide bonds. The predicted molar refractivity (Wildman–Crippen MR) is 76.9 cm³/mol. The first-order valence-electron chi connectivity index (χ1n) is 6.97. The van der Waals surface area contributed by atoms with Crippen LogP contribution in [0, 0.1) is 5.82 Å². The van der Waals surface area contributed by atoms with E-state index < -0.39 is 11.4 Å². The molecular weight excluding hydrogens is 291 g/mol. The first-order chi connectivity index (χ1) is 10.5. The van der Waals surface area contributed by atoms with Crippen LogP contribution >= 0.6 is 0 Å². The van der Waals surface area contributed by atoms with Gasteiger partial charge in [0.1, 0.15) is 0 Å². The summed E-state index contributed by atoms with van der Waals surface area (Å²) in [5, 5.41) is 2.52. The molecule has 120 valence electrons. The standard InChI is InChI=1S/C15H19FN2O4/c1-15(14(20)17-2)10-18(7-8-22-15)13(19)9-21-12-6-4-3-5-11(12)16/h3-6H,7-10H2,1-2H3,(H,17,20). The van der Waals surface area contributed by atoms with Crippen LogP contribution in [0.1, 0.15) is 6.92 Å². The summed E-state index contributed by atoms with van der Waals surface area (Å²) in [4.78, 5) is 25.5. The third-order valence-corrected chi connectivity index (χ3v) is 3.52. The predicted octanol–water partition coefficient (Wildman–Crippen LogP) is 0.568. The number of morpholine rings is 1. The van der Waals surface area contributed by atoms with Crippen molar-refractivity contribution in [3.05, 3.63) is 30.1 Å². The molecule has 1 saturated heterocycles. The molecule has 0 spiro atoms. The second kappa shape index (κ2) is 6.74. The van der Waals surface area contributed by atoms with Crippen molar-refractivity contribution in [2.45, 2.75) is 12.5 Å². The fourth-order valence-corrected chi connectivity index (χ4v) is 2.28. The Bertz CT molecular complexity index is 566. The number of para-hydroxylation sites is 1. The topological polar surface area (TPSA) is 67.9 Å². The second-order valence-electron chi connectivity index (χ2n) is 5.19. The number of rotatable bonds is 4. The number of hydrogen-bond acceptors (Lipinski definition) is 4. The molecule has 1 N–H and O–H groups in total. The molecule has 0 saturated carbocycles. The summed E-state index contributed by atoms with van der Waals surface area (Å²) in [6.07, 6.45) is 0. The van der Waals surface area contributed by atoms with E-state index in [1.165, 1.54) is 24.1 Å². The third-order valence-electron chi connectivity index (χ3n) is 3.52. The van der Waals surface area contributed by atoms with E-state index in [4.69, 9.17) is 9.47 Å². The highest BCUT2D eigenvalue weighted by molar-refractivity contribution is 5.86. The van der Waals surface area contributed by atoms with Crippen LogP contribution in [0.25, 0.3) is 0 Å². The molecule has 1 fully saturated rings. The quantitative estimate of drug-likeness (QED) is 0.883. The second-order valence-corrected chi connectivity index (χ2v) is 5.19. The van der Waals surface area contributed by atoms with Gasteiger partial charge in [0.05, 0.1) is 13.2 Å². The Morgan fingerprint density at radius 1 is 1.45 bits per heavy atom. The Morgan fingerprint density at radius 2 is 2.18 bits per heavy atom. The van der Waals surface area contributed by atoms with Crippen LogP contribution < -0.4 is 10.1 Å². The summed E-state index contributed by atoms with van der Waals surface area (Å²) in [5.74, 6) is -1.10. The normalized spacial score (nSPS) is 21.3. The largest absolute Gasteiger partial charge is 0.481 e. The van der Waals surface area contributed by atoms with Crippen molar-refractivity contribution >= 4 is 11.8 Å². The number of amides is 2. The Balaban J connectivity index is 1.95. The lowest BCUT2D eigenvalue weighted by molar-refractivity contribution is -0.163. The van der Waals surface area contributed by atoms with Crippen molar-refractivity contribution in [1.82, 2.24) is 10.2 Å². The Labute approximate surface area is 128 Å². The van der Waals surface area contributed by atoms with E-state index in [2.05, 4.69) is 5.32 Å². The number of hydrogen-bond donors (Lipinski definition) is 1. The molecule has 1 aliphatic heterocycles. The highest BCUT2D eigenvalue weighted by atomic mass is 19.1. The molecule has 1 aliphatic rings. The molecule has 7 heteroatoms. The van der Waals surface area contributed by atoms with Crippen LogP contribution in [-0.4, -0.2) is 55.7 Å². The zero-order valence-corrected chi connectivity index (χ0v) is 12.6. The van der Waals surface area contributed by atoms with Gasteiger partial charge in [0.2, 0.25) is 0 Å². The monoisotopic (exact) mass is 310 g/mol. The maximum Gasteiger partial charge on any atom is 0.260 e. The Morgan fingerprint density at radius 3 is 2.86 bits per heavy atom. The van der Waals surface area contributed by atoms with E-state index >= 15 is 0 Å². The number of carbonyl (C=O) groups is 2. The minimum absolute atomic E-state index is 0.0261. The zero-order chi connectivity index (χ0) is 16.2. The lowest BCUT2D eigenvalue weighted by Crippen LogP contribution is -2.59. The maximum absolute atomic E-state index is 13.4. The highest BCUT2D eigenvalue weighted by Gasteiger charge is 2.40. The van der Waals surface area contributed by atoms with Gasteiger partial charge in [-0.1, -0.05) is 12.1 Å². The van der Waals surface area contributed by atoms with Gasteiger partial charge >= 0.3 is 0 Å². The number of benzene rings is 1. The zero-order valence-electron chi connectivity index (χ0n) is 12.6. The number of ether oxygens (including phenoxy) is 2. The molecule has 1 aromatic rings. The average molecular weight is 310 g/mol. The third kappa shape index (κ3) is 3.54. The lowest BCUT2D eigenvalue weighted by Gasteiger charge is -2.38. The number of carbonyl (C=O) groups excluding carboxylic acids is 2. The summed E-state index contributed by atoms with van der Waals surface area (Å²) >= 11 is 0. The van der Waals surface area contributed by atoms with Gasteiger partial charge < -0.3 is 19.7 Å². The maximum atomic E-state index is 13.4. The Kier molecular flexibility index (Phi) is 4.97. The van der Waals surface area contributed by atoms with Gasteiger partial charge in [0.25, 0.3) is 11.8 Å². The van der Waals surface area contributed by atoms with E-state index in [0.29, 0.717) is 6.54 Å². The highest BCUT2D eigenvalue weighted by Crippen LogP contribution is 2.19. The van der Waals surface area contributed by atoms with Crippen molar-refractivity contribution in [2.24, 2.45) is 0 Å². The van der Waals surface area contributed by atoms with E-state index in [0.717, 1.165) is 0 Å². The van der Waals surface area contributed by atoms with Crippen molar-refractivity contribution < 1.29 is 23.5 Å². The molecule has 22 heavy (non-hydrogen) atoms. The summed E-state index contributed by atoms with van der Waals surface area (Å²) in [7, 11) is 1.51. The molecule has 1 heterocycles. The van der Waals surface area contributed by atoms with Crippen molar-refractivity contribution in [3.63, 3.8) is 0 Å². The fraction of sp³-hybridized carbons (Fsp3) is 0.467. The number of nitrogens with one attached hydrogen (secondary N) is 1. The van der Waals surface area contributed by atoms with Crippen LogP contribution in [0.15, 0.2) is 24.3 Å². The first kappa shape index (κ1) is 16.2. The molecule has 1 atom stereocenters. The van der Waals surface area contributed by atoms with E-state index in [-0.39, 0.29) is 37.3 Å². The van der Waals surface area contributed by atoms with Gasteiger partial charge in [-0.2, -0.15) is 0 Å². The molecule has 2 rings (SSSR count). The number of nitrogens with zero attached hydrogens (tertiary/aromatic N) is 1. The van der Waals surface area contributed by atoms with Crippen molar-refractivity contribution in [3.8, 4) is 5.75 Å². The average Bonchev–Trinajstić information content (AvgIpc) is 2.53. The molecule has 6 nitrogen and oxygen atoms in total. The summed E-state index contributed by atoms with van der Waals surface area (Å²) in [6.45, 7) is 2.10. The van der Waals surface area contributed by atoms with Crippen LogP contribution in [0.4, 0.5) is 4.39 Å². The van der Waals surface area contributed by atoms with Gasteiger partial charge in [0, 0.05) is 13.6 Å². The fourth-order valence-electron chi connectivity index (χ4n) is 2.28. The number of halogens is 1. The van der Waals surface area contributed by atoms with Gasteiger partial charge in [-0.05, 0) is 19.1 Å². The molecule has 0 aromatic heterocycles. The molecule has 1 unspecified atom stereocenters. The molecule has 0 bridgehead atoms. The minimum Gasteiger partial charge on any atom is -0.481 e. The van der Waals surface area contributed by atoms with E-state index in [1.807, 2.05) is 0 Å². The summed E-state index contributed by atoms with van der Waals surface area (Å²) < 4.78 is 24.1. The van der Waals surface area contributed by atoms with Crippen LogP contribution in [0.2, 0.25) is 0 Å². The van der Waals surface area contributed by atoms with Crippen molar-refractivity contribution in [1.29, 1.82) is 0 Å². The smallest absolute Gasteiger partial charge is 0.260 e. The van der Waals surface area contributed by atoms with Crippen LogP contribution in [0.3, 0.4) is 0 Å². The van der Waals surface area contributed by atoms with Gasteiger partial charge in [-0.3, -0.25) is 9.59 Å². The van der Waals surface area contributed by atoms with Gasteiger partial charge in [-0.25, -0.2) is 4.39 Å². The minimum atomic E-state index is -1.08. The van der Waals surface area contributed by atoms with Gasteiger partial charge in [0.15, 0.2) is 23.8 Å². The summed E-state index contributed by atoms with van der Waals surface area (Å²) in [5.41, 5.74) is -1.08. The van der Waals surface area contributed by atoms with Gasteiger partial charge in [-0.15, -0.1) is 0 Å². The van der Waals surface area contributed by atoms with Crippen LogP contribution in [0.5, 0.6) is 5.75 Å². The summed E-state index contributed by atoms with van der Waals surface area (Å²) in [6, 6.07) is 5.88. The van der Waals surface area contributed by atoms with E-state index in [1.54, 1.807) is 19.1 Å². The SMILES string of the molecule is CNC(=O)C1(C)CN(C(=O)COc2ccccc2F)CCO1. The molecular formula is C15H19FN2O4.